The number of aryl methyl sites for hydroxylation is 1. The normalized spacial score (nSPS) is 18.5. The topological polar surface area (TPSA) is 67.2 Å². The van der Waals surface area contributed by atoms with Crippen LogP contribution in [0.4, 0.5) is 5.82 Å². The number of anilines is 1. The molecule has 3 aromatic rings. The molecule has 1 saturated heterocycles. The van der Waals surface area contributed by atoms with Crippen molar-refractivity contribution in [2.45, 2.75) is 58.2 Å². The van der Waals surface area contributed by atoms with Gasteiger partial charge in [0.2, 0.25) is 5.91 Å². The molecule has 1 amide bonds. The number of fused-ring (bicyclic) bond motifs is 1. The van der Waals surface area contributed by atoms with Crippen molar-refractivity contribution in [2.75, 3.05) is 18.0 Å². The number of amides is 1. The fraction of sp³-hybridized carbons (Fsp3) is 0.440. The van der Waals surface area contributed by atoms with Crippen molar-refractivity contribution in [2.24, 2.45) is 0 Å². The summed E-state index contributed by atoms with van der Waals surface area (Å²) < 4.78 is 1.69. The minimum atomic E-state index is -0.0729. The molecule has 1 fully saturated rings. The van der Waals surface area contributed by atoms with Gasteiger partial charge in [0.05, 0.1) is 6.04 Å². The zero-order chi connectivity index (χ0) is 21.9. The van der Waals surface area contributed by atoms with Crippen LogP contribution < -0.4 is 4.90 Å². The number of piperidine rings is 1. The molecule has 0 saturated carbocycles. The molecule has 1 aromatic carbocycles. The Bertz CT molecular complexity index is 1070. The fourth-order valence-electron chi connectivity index (χ4n) is 4.94. The van der Waals surface area contributed by atoms with Crippen LogP contribution in [0.15, 0.2) is 48.8 Å². The highest BCUT2D eigenvalue weighted by molar-refractivity contribution is 5.76. The van der Waals surface area contributed by atoms with E-state index >= 15 is 0 Å². The van der Waals surface area contributed by atoms with Gasteiger partial charge in [0.1, 0.15) is 12.4 Å². The minimum Gasteiger partial charge on any atom is -0.352 e. The number of likely N-dealkylation sites (tertiary alicyclic amines) is 1. The van der Waals surface area contributed by atoms with Crippen molar-refractivity contribution in [3.63, 3.8) is 0 Å². The number of hydrogen-bond acceptors (Lipinski definition) is 5. The molecule has 0 unspecified atom stereocenters. The van der Waals surface area contributed by atoms with Crippen molar-refractivity contribution in [3.8, 4) is 0 Å². The van der Waals surface area contributed by atoms with Crippen LogP contribution in [0.3, 0.4) is 0 Å². The van der Waals surface area contributed by atoms with Crippen molar-refractivity contribution < 1.29 is 4.79 Å². The average molecular weight is 431 g/mol. The first kappa shape index (κ1) is 20.7. The lowest BCUT2D eigenvalue weighted by atomic mass is 9.99. The third kappa shape index (κ3) is 4.24. The van der Waals surface area contributed by atoms with E-state index in [0.29, 0.717) is 0 Å². The van der Waals surface area contributed by atoms with Crippen LogP contribution in [0.2, 0.25) is 0 Å². The number of carbonyl (C=O) groups is 1. The van der Waals surface area contributed by atoms with E-state index in [1.54, 1.807) is 10.9 Å². The molecule has 0 spiro atoms. The van der Waals surface area contributed by atoms with Crippen LogP contribution in [-0.2, 0) is 24.3 Å². The molecule has 2 aliphatic heterocycles. The number of rotatable bonds is 5. The van der Waals surface area contributed by atoms with Gasteiger partial charge in [0.15, 0.2) is 5.82 Å². The van der Waals surface area contributed by atoms with Gasteiger partial charge >= 0.3 is 0 Å². The minimum absolute atomic E-state index is 0.0729. The first-order valence-electron chi connectivity index (χ1n) is 11.6. The highest BCUT2D eigenvalue weighted by atomic mass is 16.2. The zero-order valence-corrected chi connectivity index (χ0v) is 18.7. The second-order valence-corrected chi connectivity index (χ2v) is 8.78. The summed E-state index contributed by atoms with van der Waals surface area (Å²) in [5, 5.41) is 4.20. The molecule has 4 heterocycles. The monoisotopic (exact) mass is 430 g/mol. The summed E-state index contributed by atoms with van der Waals surface area (Å²) in [5.41, 5.74) is 3.58. The summed E-state index contributed by atoms with van der Waals surface area (Å²) in [5.74, 6) is 1.92. The number of hydrogen-bond donors (Lipinski definition) is 0. The number of nitrogens with zero attached hydrogens (tertiary/aromatic N) is 6. The van der Waals surface area contributed by atoms with Crippen LogP contribution in [-0.4, -0.2) is 43.6 Å². The van der Waals surface area contributed by atoms with Crippen molar-refractivity contribution in [1.82, 2.24) is 24.6 Å². The Hall–Kier alpha value is -3.22. The average Bonchev–Trinajstić information content (AvgIpc) is 3.33. The van der Waals surface area contributed by atoms with Gasteiger partial charge in [0.25, 0.3) is 0 Å². The van der Waals surface area contributed by atoms with Gasteiger partial charge < -0.3 is 9.80 Å². The predicted octanol–water partition coefficient (Wildman–Crippen LogP) is 3.69. The number of aromatic nitrogens is 4. The van der Waals surface area contributed by atoms with Crippen LogP contribution in [0.5, 0.6) is 0 Å². The van der Waals surface area contributed by atoms with Gasteiger partial charge in [-0.05, 0) is 50.7 Å². The van der Waals surface area contributed by atoms with Crippen molar-refractivity contribution in [1.29, 1.82) is 0 Å². The molecule has 7 heteroatoms. The van der Waals surface area contributed by atoms with Crippen LogP contribution in [0, 0.1) is 6.92 Å². The van der Waals surface area contributed by atoms with E-state index in [-0.39, 0.29) is 18.5 Å². The van der Waals surface area contributed by atoms with Crippen LogP contribution in [0.1, 0.15) is 54.4 Å². The molecule has 7 nitrogen and oxygen atoms in total. The van der Waals surface area contributed by atoms with E-state index in [1.165, 1.54) is 11.1 Å². The molecule has 2 aliphatic rings. The first-order chi connectivity index (χ1) is 15.7. The summed E-state index contributed by atoms with van der Waals surface area (Å²) in [7, 11) is 0. The second kappa shape index (κ2) is 9.10. The van der Waals surface area contributed by atoms with Gasteiger partial charge in [0, 0.05) is 43.3 Å². The fourth-order valence-corrected chi connectivity index (χ4v) is 4.94. The molecule has 32 heavy (non-hydrogen) atoms. The maximum atomic E-state index is 13.1. The van der Waals surface area contributed by atoms with Crippen molar-refractivity contribution >= 4 is 11.7 Å². The van der Waals surface area contributed by atoms with Crippen LogP contribution >= 0.6 is 0 Å². The Balaban J connectivity index is 1.44. The van der Waals surface area contributed by atoms with E-state index in [4.69, 9.17) is 9.97 Å². The Morgan fingerprint density at radius 1 is 1.06 bits per heavy atom. The molecular formula is C25H30N6O. The molecule has 0 aliphatic carbocycles. The van der Waals surface area contributed by atoms with E-state index in [1.807, 2.05) is 17.2 Å². The Kier molecular flexibility index (Phi) is 5.88. The van der Waals surface area contributed by atoms with E-state index in [0.717, 1.165) is 69.1 Å². The SMILES string of the molecule is Cc1nc([C@H]2CCCCN2C(=O)Cn2cccn2)nc2c1CCCN2Cc1ccccc1. The predicted molar refractivity (Wildman–Crippen MR) is 123 cm³/mol. The third-order valence-electron chi connectivity index (χ3n) is 6.56. The molecule has 0 N–H and O–H groups in total. The lowest BCUT2D eigenvalue weighted by Crippen LogP contribution is -2.41. The number of carbonyl (C=O) groups excluding carboxylic acids is 1. The standard InChI is InChI=1S/C25H30N6O/c1-19-21-11-7-14-29(17-20-9-3-2-4-10-20)25(21)28-24(27-19)22-12-5-6-16-31(22)23(32)18-30-15-8-13-26-30/h2-4,8-10,13,15,22H,5-7,11-12,14,16-18H2,1H3/t22-/m1/s1. The van der Waals surface area contributed by atoms with Gasteiger partial charge in [-0.2, -0.15) is 5.10 Å². The highest BCUT2D eigenvalue weighted by Crippen LogP contribution is 2.34. The third-order valence-corrected chi connectivity index (χ3v) is 6.56. The summed E-state index contributed by atoms with van der Waals surface area (Å²) >= 11 is 0. The summed E-state index contributed by atoms with van der Waals surface area (Å²) in [4.78, 5) is 27.5. The molecule has 0 radical (unpaired) electrons. The summed E-state index contributed by atoms with van der Waals surface area (Å²) in [6, 6.07) is 12.3. The maximum Gasteiger partial charge on any atom is 0.244 e. The van der Waals surface area contributed by atoms with Gasteiger partial charge in [-0.25, -0.2) is 9.97 Å². The zero-order valence-electron chi connectivity index (χ0n) is 18.7. The van der Waals surface area contributed by atoms with Crippen molar-refractivity contribution in [3.05, 3.63) is 71.4 Å². The van der Waals surface area contributed by atoms with E-state index < -0.39 is 0 Å². The highest BCUT2D eigenvalue weighted by Gasteiger charge is 2.32. The smallest absolute Gasteiger partial charge is 0.244 e. The largest absolute Gasteiger partial charge is 0.352 e. The lowest BCUT2D eigenvalue weighted by Gasteiger charge is -2.36. The molecule has 166 valence electrons. The first-order valence-corrected chi connectivity index (χ1v) is 11.6. The summed E-state index contributed by atoms with van der Waals surface area (Å²) in [6.45, 7) is 4.93. The van der Waals surface area contributed by atoms with E-state index in [9.17, 15) is 4.79 Å². The maximum absolute atomic E-state index is 13.1. The number of benzene rings is 1. The molecule has 0 bridgehead atoms. The van der Waals surface area contributed by atoms with Gasteiger partial charge in [-0.3, -0.25) is 9.48 Å². The Labute approximate surface area is 189 Å². The van der Waals surface area contributed by atoms with Crippen LogP contribution in [0.25, 0.3) is 0 Å². The Morgan fingerprint density at radius 3 is 2.75 bits per heavy atom. The quantitative estimate of drug-likeness (QED) is 0.618. The molecule has 2 aromatic heterocycles. The Morgan fingerprint density at radius 2 is 1.94 bits per heavy atom. The van der Waals surface area contributed by atoms with Gasteiger partial charge in [-0.1, -0.05) is 30.3 Å². The van der Waals surface area contributed by atoms with E-state index in [2.05, 4.69) is 47.3 Å². The lowest BCUT2D eigenvalue weighted by molar-refractivity contribution is -0.136. The molecular weight excluding hydrogens is 400 g/mol. The summed E-state index contributed by atoms with van der Waals surface area (Å²) in [6.07, 6.45) is 8.67. The second-order valence-electron chi connectivity index (χ2n) is 8.78. The van der Waals surface area contributed by atoms with Gasteiger partial charge in [-0.15, -0.1) is 0 Å². The molecule has 5 rings (SSSR count). The molecule has 1 atom stereocenters.